The normalized spacial score (nSPS) is 12.5. The van der Waals surface area contributed by atoms with Crippen molar-refractivity contribution < 1.29 is 19.4 Å². The van der Waals surface area contributed by atoms with E-state index in [1.54, 1.807) is 13.0 Å². The van der Waals surface area contributed by atoms with Gasteiger partial charge in [-0.05, 0) is 25.3 Å². The van der Waals surface area contributed by atoms with Gasteiger partial charge in [0.25, 0.3) is 0 Å². The number of ether oxygens (including phenoxy) is 2. The van der Waals surface area contributed by atoms with Crippen LogP contribution < -0.4 is 0 Å². The van der Waals surface area contributed by atoms with Crippen LogP contribution in [-0.4, -0.2) is 37.0 Å². The Hall–Kier alpha value is -1.65. The Kier molecular flexibility index (Phi) is 8.35. The number of rotatable bonds is 9. The van der Waals surface area contributed by atoms with Crippen LogP contribution in [0.3, 0.4) is 0 Å². The SMILES string of the molecule is CC=CC(=O)OCC(O)COCCCc1ccccc1. The van der Waals surface area contributed by atoms with E-state index in [2.05, 4.69) is 12.1 Å². The minimum atomic E-state index is -0.777. The van der Waals surface area contributed by atoms with Crippen molar-refractivity contribution in [1.29, 1.82) is 0 Å². The Bertz CT molecular complexity index is 400. The highest BCUT2D eigenvalue weighted by Gasteiger charge is 2.06. The zero-order valence-corrected chi connectivity index (χ0v) is 11.8. The number of aliphatic hydroxyl groups is 1. The molecule has 0 aliphatic rings. The minimum Gasteiger partial charge on any atom is -0.460 e. The third-order valence-electron chi connectivity index (χ3n) is 2.63. The van der Waals surface area contributed by atoms with Crippen molar-refractivity contribution in [3.8, 4) is 0 Å². The Morgan fingerprint density at radius 1 is 1.30 bits per heavy atom. The summed E-state index contributed by atoms with van der Waals surface area (Å²) in [5, 5.41) is 9.56. The minimum absolute atomic E-state index is 0.0398. The number of esters is 1. The maximum Gasteiger partial charge on any atom is 0.330 e. The van der Waals surface area contributed by atoms with Crippen LogP contribution in [0.15, 0.2) is 42.5 Å². The highest BCUT2D eigenvalue weighted by atomic mass is 16.5. The lowest BCUT2D eigenvalue weighted by atomic mass is 10.1. The van der Waals surface area contributed by atoms with Gasteiger partial charge in [0.15, 0.2) is 0 Å². The first-order valence-corrected chi connectivity index (χ1v) is 6.81. The summed E-state index contributed by atoms with van der Waals surface area (Å²) in [6, 6.07) is 10.2. The molecule has 1 aromatic rings. The molecule has 1 aromatic carbocycles. The lowest BCUT2D eigenvalue weighted by Crippen LogP contribution is -2.23. The van der Waals surface area contributed by atoms with E-state index >= 15 is 0 Å². The quantitative estimate of drug-likeness (QED) is 0.427. The topological polar surface area (TPSA) is 55.8 Å². The van der Waals surface area contributed by atoms with Crippen molar-refractivity contribution in [3.63, 3.8) is 0 Å². The summed E-state index contributed by atoms with van der Waals surface area (Å²) in [5.41, 5.74) is 1.27. The molecule has 1 atom stereocenters. The number of allylic oxidation sites excluding steroid dienone is 1. The molecule has 0 fully saturated rings. The van der Waals surface area contributed by atoms with Gasteiger partial charge in [0, 0.05) is 12.7 Å². The highest BCUT2D eigenvalue weighted by Crippen LogP contribution is 2.02. The standard InChI is InChI=1S/C16H22O4/c1-2-7-16(18)20-13-15(17)12-19-11-6-10-14-8-4-3-5-9-14/h2-5,7-9,15,17H,6,10-13H2,1H3. The van der Waals surface area contributed by atoms with Gasteiger partial charge in [-0.1, -0.05) is 36.4 Å². The summed E-state index contributed by atoms with van der Waals surface area (Å²) in [7, 11) is 0. The lowest BCUT2D eigenvalue weighted by molar-refractivity contribution is -0.141. The van der Waals surface area contributed by atoms with E-state index in [1.807, 2.05) is 18.2 Å². The number of hydrogen-bond acceptors (Lipinski definition) is 4. The average Bonchev–Trinajstić information content (AvgIpc) is 2.46. The van der Waals surface area contributed by atoms with Crippen molar-refractivity contribution in [3.05, 3.63) is 48.0 Å². The first-order chi connectivity index (χ1) is 9.72. The predicted octanol–water partition coefficient (Wildman–Crippen LogP) is 2.12. The predicted molar refractivity (Wildman–Crippen MR) is 77.4 cm³/mol. The van der Waals surface area contributed by atoms with Crippen LogP contribution in [0.5, 0.6) is 0 Å². The largest absolute Gasteiger partial charge is 0.460 e. The van der Waals surface area contributed by atoms with Crippen LogP contribution in [0.4, 0.5) is 0 Å². The van der Waals surface area contributed by atoms with Crippen molar-refractivity contribution in [2.75, 3.05) is 19.8 Å². The number of hydrogen-bond donors (Lipinski definition) is 1. The van der Waals surface area contributed by atoms with E-state index in [0.717, 1.165) is 12.8 Å². The maximum absolute atomic E-state index is 11.0. The Balaban J connectivity index is 2.02. The summed E-state index contributed by atoms with van der Waals surface area (Å²) < 4.78 is 10.2. The Morgan fingerprint density at radius 3 is 2.75 bits per heavy atom. The van der Waals surface area contributed by atoms with Gasteiger partial charge in [0.05, 0.1) is 6.61 Å². The van der Waals surface area contributed by atoms with Gasteiger partial charge in [0.2, 0.25) is 0 Å². The van der Waals surface area contributed by atoms with Gasteiger partial charge in [0.1, 0.15) is 12.7 Å². The molecule has 0 saturated heterocycles. The van der Waals surface area contributed by atoms with Crippen molar-refractivity contribution in [2.45, 2.75) is 25.9 Å². The summed E-state index contributed by atoms with van der Waals surface area (Å²) in [4.78, 5) is 11.0. The fourth-order valence-corrected chi connectivity index (χ4v) is 1.65. The smallest absolute Gasteiger partial charge is 0.330 e. The first kappa shape index (κ1) is 16.4. The highest BCUT2D eigenvalue weighted by molar-refractivity contribution is 5.81. The van der Waals surface area contributed by atoms with E-state index in [1.165, 1.54) is 11.6 Å². The van der Waals surface area contributed by atoms with Crippen LogP contribution in [0.25, 0.3) is 0 Å². The average molecular weight is 278 g/mol. The molecule has 0 aliphatic heterocycles. The monoisotopic (exact) mass is 278 g/mol. The summed E-state index contributed by atoms with van der Waals surface area (Å²) >= 11 is 0. The lowest BCUT2D eigenvalue weighted by Gasteiger charge is -2.11. The molecule has 0 amide bonds. The van der Waals surface area contributed by atoms with E-state index in [4.69, 9.17) is 9.47 Å². The number of carbonyl (C=O) groups excluding carboxylic acids is 1. The fourth-order valence-electron chi connectivity index (χ4n) is 1.65. The molecule has 0 aromatic heterocycles. The van der Waals surface area contributed by atoms with Crippen molar-refractivity contribution >= 4 is 5.97 Å². The van der Waals surface area contributed by atoms with Crippen LogP contribution >= 0.6 is 0 Å². The molecule has 1 N–H and O–H groups in total. The van der Waals surface area contributed by atoms with Gasteiger partial charge in [-0.3, -0.25) is 0 Å². The fraction of sp³-hybridized carbons (Fsp3) is 0.438. The molecule has 4 heteroatoms. The van der Waals surface area contributed by atoms with Crippen LogP contribution in [0.2, 0.25) is 0 Å². The second-order valence-corrected chi connectivity index (χ2v) is 4.45. The molecule has 110 valence electrons. The second-order valence-electron chi connectivity index (χ2n) is 4.45. The molecule has 0 spiro atoms. The molecule has 0 aliphatic carbocycles. The van der Waals surface area contributed by atoms with Crippen LogP contribution in [0.1, 0.15) is 18.9 Å². The van der Waals surface area contributed by atoms with E-state index in [9.17, 15) is 9.90 Å². The molecule has 0 heterocycles. The summed E-state index contributed by atoms with van der Waals surface area (Å²) in [6.45, 7) is 2.45. The van der Waals surface area contributed by atoms with Gasteiger partial charge in [-0.2, -0.15) is 0 Å². The summed E-state index contributed by atoms with van der Waals surface area (Å²) in [6.07, 6.45) is 3.98. The van der Waals surface area contributed by atoms with Crippen molar-refractivity contribution in [1.82, 2.24) is 0 Å². The molecular weight excluding hydrogens is 256 g/mol. The van der Waals surface area contributed by atoms with Crippen LogP contribution in [-0.2, 0) is 20.7 Å². The zero-order valence-electron chi connectivity index (χ0n) is 11.8. The Labute approximate surface area is 120 Å². The zero-order chi connectivity index (χ0) is 14.6. The molecule has 4 nitrogen and oxygen atoms in total. The molecule has 0 saturated carbocycles. The molecule has 0 bridgehead atoms. The molecule has 0 radical (unpaired) electrons. The van der Waals surface area contributed by atoms with Gasteiger partial charge >= 0.3 is 5.97 Å². The molecule has 1 rings (SSSR count). The number of carbonyl (C=O) groups is 1. The van der Waals surface area contributed by atoms with Gasteiger partial charge < -0.3 is 14.6 Å². The van der Waals surface area contributed by atoms with E-state index in [-0.39, 0.29) is 13.2 Å². The van der Waals surface area contributed by atoms with Gasteiger partial charge in [-0.15, -0.1) is 0 Å². The molecular formula is C16H22O4. The molecule has 1 unspecified atom stereocenters. The van der Waals surface area contributed by atoms with Gasteiger partial charge in [-0.25, -0.2) is 4.79 Å². The molecule has 20 heavy (non-hydrogen) atoms. The number of aryl methyl sites for hydroxylation is 1. The second kappa shape index (κ2) is 10.2. The number of benzene rings is 1. The third-order valence-corrected chi connectivity index (χ3v) is 2.63. The third kappa shape index (κ3) is 7.71. The van der Waals surface area contributed by atoms with E-state index < -0.39 is 12.1 Å². The van der Waals surface area contributed by atoms with E-state index in [0.29, 0.717) is 6.61 Å². The Morgan fingerprint density at radius 2 is 2.05 bits per heavy atom. The summed E-state index contributed by atoms with van der Waals surface area (Å²) in [5.74, 6) is -0.448. The first-order valence-electron chi connectivity index (χ1n) is 6.81. The maximum atomic E-state index is 11.0. The van der Waals surface area contributed by atoms with Crippen molar-refractivity contribution in [2.24, 2.45) is 0 Å². The number of aliphatic hydroxyl groups excluding tert-OH is 1. The van der Waals surface area contributed by atoms with Crippen LogP contribution in [0, 0.1) is 0 Å².